The Hall–Kier alpha value is -1.46. The highest BCUT2D eigenvalue weighted by molar-refractivity contribution is 7.09. The number of nitrogens with zero attached hydrogens (tertiary/aromatic N) is 1. The summed E-state index contributed by atoms with van der Waals surface area (Å²) in [6.07, 6.45) is 0.219. The molecule has 1 aromatic carbocycles. The van der Waals surface area contributed by atoms with Gasteiger partial charge in [-0.05, 0) is 17.7 Å². The van der Waals surface area contributed by atoms with Crippen molar-refractivity contribution in [2.75, 3.05) is 0 Å². The molecule has 100 valence electrons. The first-order chi connectivity index (χ1) is 9.17. The molecule has 0 atom stereocenters. The molecule has 0 aliphatic rings. The van der Waals surface area contributed by atoms with Gasteiger partial charge in [0.1, 0.15) is 10.8 Å². The number of hydrogen-bond acceptors (Lipinski definition) is 3. The number of carbonyl (C=O) groups is 1. The van der Waals surface area contributed by atoms with E-state index >= 15 is 0 Å². The third-order valence-corrected chi connectivity index (χ3v) is 3.60. The first-order valence-corrected chi connectivity index (χ1v) is 7.09. The minimum absolute atomic E-state index is 0.139. The first-order valence-electron chi connectivity index (χ1n) is 5.68. The summed E-state index contributed by atoms with van der Waals surface area (Å²) in [6, 6.07) is 6.15. The molecule has 0 fully saturated rings. The third-order valence-electron chi connectivity index (χ3n) is 2.43. The zero-order valence-corrected chi connectivity index (χ0v) is 11.6. The topological polar surface area (TPSA) is 42.0 Å². The largest absolute Gasteiger partial charge is 0.352 e. The number of amides is 1. The minimum atomic E-state index is -0.307. The molecule has 1 aromatic heterocycles. The number of nitrogens with one attached hydrogen (secondary N) is 1. The van der Waals surface area contributed by atoms with Crippen LogP contribution in [0.2, 0.25) is 0 Å². The monoisotopic (exact) mass is 298 g/mol. The molecule has 2 rings (SSSR count). The SMILES string of the molecule is O=C(Cc1nc(CCl)cs1)NCc1cccc(F)c1. The molecular formula is C13H12ClFN2OS. The van der Waals surface area contributed by atoms with E-state index in [1.54, 1.807) is 12.1 Å². The Kier molecular flexibility index (Phi) is 4.87. The van der Waals surface area contributed by atoms with Gasteiger partial charge in [-0.15, -0.1) is 22.9 Å². The quantitative estimate of drug-likeness (QED) is 0.863. The molecule has 0 aliphatic carbocycles. The van der Waals surface area contributed by atoms with E-state index in [9.17, 15) is 9.18 Å². The van der Waals surface area contributed by atoms with Crippen molar-refractivity contribution in [3.05, 3.63) is 51.7 Å². The van der Waals surface area contributed by atoms with Crippen LogP contribution in [-0.2, 0) is 23.6 Å². The fraction of sp³-hybridized carbons (Fsp3) is 0.231. The highest BCUT2D eigenvalue weighted by atomic mass is 35.5. The summed E-state index contributed by atoms with van der Waals surface area (Å²) in [7, 11) is 0. The van der Waals surface area contributed by atoms with E-state index in [-0.39, 0.29) is 18.1 Å². The molecular weight excluding hydrogens is 287 g/mol. The molecule has 0 spiro atoms. The lowest BCUT2D eigenvalue weighted by molar-refractivity contribution is -0.120. The molecule has 1 amide bonds. The molecule has 19 heavy (non-hydrogen) atoms. The molecule has 1 heterocycles. The van der Waals surface area contributed by atoms with Crippen LogP contribution in [0.4, 0.5) is 4.39 Å². The molecule has 6 heteroatoms. The fourth-order valence-corrected chi connectivity index (χ4v) is 2.56. The Morgan fingerprint density at radius 2 is 2.32 bits per heavy atom. The molecule has 0 aliphatic heterocycles. The first kappa shape index (κ1) is 14.0. The highest BCUT2D eigenvalue weighted by Crippen LogP contribution is 2.12. The molecule has 0 bridgehead atoms. The van der Waals surface area contributed by atoms with Crippen molar-refractivity contribution in [1.82, 2.24) is 10.3 Å². The number of aromatic nitrogens is 1. The predicted octanol–water partition coefficient (Wildman–Crippen LogP) is 2.88. The Bertz CT molecular complexity index is 573. The van der Waals surface area contributed by atoms with Crippen molar-refractivity contribution < 1.29 is 9.18 Å². The number of rotatable bonds is 5. The predicted molar refractivity (Wildman–Crippen MR) is 73.6 cm³/mol. The summed E-state index contributed by atoms with van der Waals surface area (Å²) in [5.41, 5.74) is 1.51. The normalized spacial score (nSPS) is 10.4. The Labute approximate surface area is 119 Å². The summed E-state index contributed by atoms with van der Waals surface area (Å²) < 4.78 is 12.9. The van der Waals surface area contributed by atoms with Crippen LogP contribution < -0.4 is 5.32 Å². The second-order valence-electron chi connectivity index (χ2n) is 3.95. The van der Waals surface area contributed by atoms with E-state index in [1.807, 2.05) is 5.38 Å². The fourth-order valence-electron chi connectivity index (χ4n) is 1.54. The van der Waals surface area contributed by atoms with Gasteiger partial charge in [0.2, 0.25) is 5.91 Å². The van der Waals surface area contributed by atoms with Crippen LogP contribution in [-0.4, -0.2) is 10.9 Å². The van der Waals surface area contributed by atoms with Gasteiger partial charge in [0.15, 0.2) is 0 Å². The summed E-state index contributed by atoms with van der Waals surface area (Å²) in [6.45, 7) is 0.310. The number of thiazole rings is 1. The van der Waals surface area contributed by atoms with E-state index in [4.69, 9.17) is 11.6 Å². The van der Waals surface area contributed by atoms with Crippen molar-refractivity contribution in [3.63, 3.8) is 0 Å². The number of hydrogen-bond donors (Lipinski definition) is 1. The van der Waals surface area contributed by atoms with Gasteiger partial charge in [0.25, 0.3) is 0 Å². The lowest BCUT2D eigenvalue weighted by Crippen LogP contribution is -2.24. The van der Waals surface area contributed by atoms with Gasteiger partial charge < -0.3 is 5.32 Å². The number of halogens is 2. The lowest BCUT2D eigenvalue weighted by atomic mass is 10.2. The highest BCUT2D eigenvalue weighted by Gasteiger charge is 2.07. The van der Waals surface area contributed by atoms with Crippen LogP contribution in [0.5, 0.6) is 0 Å². The van der Waals surface area contributed by atoms with Gasteiger partial charge >= 0.3 is 0 Å². The van der Waals surface area contributed by atoms with Crippen LogP contribution in [0, 0.1) is 5.82 Å². The van der Waals surface area contributed by atoms with Crippen molar-refractivity contribution in [3.8, 4) is 0 Å². The van der Waals surface area contributed by atoms with Crippen LogP contribution in [0.15, 0.2) is 29.6 Å². The molecule has 3 nitrogen and oxygen atoms in total. The van der Waals surface area contributed by atoms with Crippen LogP contribution in [0.3, 0.4) is 0 Å². The summed E-state index contributed by atoms with van der Waals surface area (Å²) in [4.78, 5) is 15.9. The van der Waals surface area contributed by atoms with Crippen LogP contribution >= 0.6 is 22.9 Å². The van der Waals surface area contributed by atoms with Gasteiger partial charge in [-0.3, -0.25) is 4.79 Å². The summed E-state index contributed by atoms with van der Waals surface area (Å²) in [5.74, 6) is -0.0975. The molecule has 0 saturated carbocycles. The second kappa shape index (κ2) is 6.63. The van der Waals surface area contributed by atoms with E-state index in [0.717, 1.165) is 16.3 Å². The molecule has 1 N–H and O–H groups in total. The van der Waals surface area contributed by atoms with E-state index in [0.29, 0.717) is 12.4 Å². The maximum Gasteiger partial charge on any atom is 0.227 e. The lowest BCUT2D eigenvalue weighted by Gasteiger charge is -2.04. The zero-order valence-electron chi connectivity index (χ0n) is 10.0. The molecule has 2 aromatic rings. The van der Waals surface area contributed by atoms with Gasteiger partial charge in [-0.1, -0.05) is 12.1 Å². The number of carbonyl (C=O) groups excluding carboxylic acids is 1. The molecule has 0 radical (unpaired) electrons. The number of benzene rings is 1. The third kappa shape index (κ3) is 4.29. The maximum absolute atomic E-state index is 12.9. The van der Waals surface area contributed by atoms with Gasteiger partial charge in [-0.25, -0.2) is 9.37 Å². The van der Waals surface area contributed by atoms with Crippen molar-refractivity contribution >= 4 is 28.8 Å². The van der Waals surface area contributed by atoms with E-state index in [2.05, 4.69) is 10.3 Å². The van der Waals surface area contributed by atoms with Crippen molar-refractivity contribution in [2.24, 2.45) is 0 Å². The summed E-state index contributed by atoms with van der Waals surface area (Å²) >= 11 is 7.05. The van der Waals surface area contributed by atoms with E-state index < -0.39 is 0 Å². The Morgan fingerprint density at radius 1 is 1.47 bits per heavy atom. The molecule has 0 saturated heterocycles. The van der Waals surface area contributed by atoms with Crippen molar-refractivity contribution in [2.45, 2.75) is 18.8 Å². The average Bonchev–Trinajstić information content (AvgIpc) is 2.84. The van der Waals surface area contributed by atoms with Crippen LogP contribution in [0.25, 0.3) is 0 Å². The van der Waals surface area contributed by atoms with Gasteiger partial charge in [0.05, 0.1) is 18.0 Å². The van der Waals surface area contributed by atoms with Gasteiger partial charge in [-0.2, -0.15) is 0 Å². The molecule has 0 unspecified atom stereocenters. The van der Waals surface area contributed by atoms with Crippen molar-refractivity contribution in [1.29, 1.82) is 0 Å². The second-order valence-corrected chi connectivity index (χ2v) is 5.16. The van der Waals surface area contributed by atoms with Gasteiger partial charge in [0, 0.05) is 11.9 Å². The smallest absolute Gasteiger partial charge is 0.227 e. The Morgan fingerprint density at radius 3 is 3.00 bits per heavy atom. The number of alkyl halides is 1. The summed E-state index contributed by atoms with van der Waals surface area (Å²) in [5, 5.41) is 5.29. The van der Waals surface area contributed by atoms with E-state index in [1.165, 1.54) is 23.5 Å². The maximum atomic E-state index is 12.9. The van der Waals surface area contributed by atoms with Crippen LogP contribution in [0.1, 0.15) is 16.3 Å². The minimum Gasteiger partial charge on any atom is -0.352 e. The Balaban J connectivity index is 1.84. The average molecular weight is 299 g/mol. The standard InChI is InChI=1S/C13H12ClFN2OS/c14-6-11-8-19-13(17-11)5-12(18)16-7-9-2-1-3-10(15)4-9/h1-4,8H,5-7H2,(H,16,18). The zero-order chi connectivity index (χ0) is 13.7.